The number of rotatable bonds is 7. The third-order valence-corrected chi connectivity index (χ3v) is 4.40. The Morgan fingerprint density at radius 2 is 2.00 bits per heavy atom. The van der Waals surface area contributed by atoms with E-state index < -0.39 is 0 Å². The van der Waals surface area contributed by atoms with Crippen LogP contribution in [0.5, 0.6) is 11.5 Å². The minimum absolute atomic E-state index is 0. The second-order valence-electron chi connectivity index (χ2n) is 6.35. The van der Waals surface area contributed by atoms with Crippen molar-refractivity contribution in [3.05, 3.63) is 29.8 Å². The molecular weight excluding hydrogens is 471 g/mol. The first-order valence-electron chi connectivity index (χ1n) is 9.58. The molecule has 9 heteroatoms. The van der Waals surface area contributed by atoms with E-state index in [1.54, 1.807) is 0 Å². The second kappa shape index (κ2) is 11.1. The summed E-state index contributed by atoms with van der Waals surface area (Å²) in [7, 11) is 0. The maximum atomic E-state index is 6.10. The van der Waals surface area contributed by atoms with Crippen molar-refractivity contribution in [3.63, 3.8) is 0 Å². The minimum atomic E-state index is 0. The largest absolute Gasteiger partial charge is 0.494 e. The molecule has 154 valence electrons. The van der Waals surface area contributed by atoms with Gasteiger partial charge < -0.3 is 25.1 Å². The van der Waals surface area contributed by atoms with Gasteiger partial charge >= 0.3 is 0 Å². The van der Waals surface area contributed by atoms with Gasteiger partial charge in [-0.05, 0) is 38.8 Å². The lowest BCUT2D eigenvalue weighted by molar-refractivity contribution is 0.332. The molecule has 0 saturated carbocycles. The topological polar surface area (TPSA) is 99.6 Å². The van der Waals surface area contributed by atoms with E-state index in [1.807, 2.05) is 32.0 Å². The molecule has 0 fully saturated rings. The highest BCUT2D eigenvalue weighted by Crippen LogP contribution is 2.29. The van der Waals surface area contributed by atoms with Crippen molar-refractivity contribution < 1.29 is 9.47 Å². The first kappa shape index (κ1) is 22.3. The van der Waals surface area contributed by atoms with Gasteiger partial charge in [0, 0.05) is 19.0 Å². The van der Waals surface area contributed by atoms with Crippen LogP contribution in [0.1, 0.15) is 44.8 Å². The van der Waals surface area contributed by atoms with E-state index in [1.165, 1.54) is 12.8 Å². The number of aliphatic imine (C=N–C) groups is 1. The molecule has 0 aliphatic carbocycles. The molecule has 2 heterocycles. The van der Waals surface area contributed by atoms with Crippen molar-refractivity contribution in [2.75, 3.05) is 18.5 Å². The number of fused-ring (bicyclic) bond motifs is 1. The van der Waals surface area contributed by atoms with Crippen LogP contribution in [0.15, 0.2) is 23.2 Å². The highest BCUT2D eigenvalue weighted by atomic mass is 127. The molecule has 1 aromatic carbocycles. The van der Waals surface area contributed by atoms with Crippen LogP contribution in [-0.4, -0.2) is 33.9 Å². The Balaban J connectivity index is 0.00000280. The average molecular weight is 500 g/mol. The predicted octanol–water partition coefficient (Wildman–Crippen LogP) is 3.35. The third-order valence-electron chi connectivity index (χ3n) is 4.40. The molecule has 0 spiro atoms. The zero-order valence-corrected chi connectivity index (χ0v) is 18.8. The highest BCUT2D eigenvalue weighted by molar-refractivity contribution is 14.0. The Hall–Kier alpha value is -2.04. The third kappa shape index (κ3) is 5.73. The fraction of sp³-hybridized carbons (Fsp3) is 0.526. The molecule has 0 bridgehead atoms. The summed E-state index contributed by atoms with van der Waals surface area (Å²) in [6.07, 6.45) is 4.53. The maximum absolute atomic E-state index is 6.10. The molecule has 8 nitrogen and oxygen atoms in total. The van der Waals surface area contributed by atoms with E-state index in [-0.39, 0.29) is 24.0 Å². The van der Waals surface area contributed by atoms with Crippen LogP contribution in [0.2, 0.25) is 0 Å². The number of nitrogens with zero attached hydrogens (tertiary/aromatic N) is 4. The number of aromatic nitrogens is 3. The quantitative estimate of drug-likeness (QED) is 0.344. The van der Waals surface area contributed by atoms with Crippen molar-refractivity contribution in [1.29, 1.82) is 0 Å². The molecule has 0 radical (unpaired) electrons. The van der Waals surface area contributed by atoms with E-state index in [4.69, 9.17) is 15.2 Å². The van der Waals surface area contributed by atoms with E-state index in [2.05, 4.69) is 25.1 Å². The number of ether oxygens (including phenoxy) is 2. The van der Waals surface area contributed by atoms with E-state index >= 15 is 0 Å². The summed E-state index contributed by atoms with van der Waals surface area (Å²) < 4.78 is 13.4. The van der Waals surface area contributed by atoms with Gasteiger partial charge in [-0.15, -0.1) is 34.2 Å². The average Bonchev–Trinajstić information content (AvgIpc) is 2.89. The van der Waals surface area contributed by atoms with Gasteiger partial charge in [-0.1, -0.05) is 6.42 Å². The summed E-state index contributed by atoms with van der Waals surface area (Å²) in [4.78, 5) is 4.44. The molecule has 3 rings (SSSR count). The molecular formula is C19H29IN6O2. The number of anilines is 1. The van der Waals surface area contributed by atoms with Crippen LogP contribution in [0, 0.1) is 0 Å². The Morgan fingerprint density at radius 1 is 1.18 bits per heavy atom. The van der Waals surface area contributed by atoms with E-state index in [0.717, 1.165) is 42.5 Å². The lowest BCUT2D eigenvalue weighted by Gasteiger charge is -2.14. The summed E-state index contributed by atoms with van der Waals surface area (Å²) in [6, 6.07) is 5.60. The van der Waals surface area contributed by atoms with Gasteiger partial charge in [0.15, 0.2) is 11.8 Å². The second-order valence-corrected chi connectivity index (χ2v) is 6.35. The summed E-state index contributed by atoms with van der Waals surface area (Å²) in [5.41, 5.74) is 6.83. The fourth-order valence-corrected chi connectivity index (χ4v) is 3.14. The summed E-state index contributed by atoms with van der Waals surface area (Å²) in [5.74, 6) is 3.65. The summed E-state index contributed by atoms with van der Waals surface area (Å²) in [6.45, 7) is 6.38. The lowest BCUT2D eigenvalue weighted by atomic mass is 10.2. The SMILES string of the molecule is CCOc1ccc(OCC)c(NC(N)=NCc2nnc3n2CCCCC3)c1.I. The molecule has 0 unspecified atom stereocenters. The molecule has 2 aromatic rings. The first-order chi connectivity index (χ1) is 13.2. The van der Waals surface area contributed by atoms with Crippen LogP contribution in [0.3, 0.4) is 0 Å². The predicted molar refractivity (Wildman–Crippen MR) is 121 cm³/mol. The molecule has 1 aliphatic heterocycles. The molecule has 0 saturated heterocycles. The van der Waals surface area contributed by atoms with Crippen molar-refractivity contribution in [1.82, 2.24) is 14.8 Å². The van der Waals surface area contributed by atoms with Crippen LogP contribution in [0.4, 0.5) is 5.69 Å². The normalized spacial score (nSPS) is 13.9. The van der Waals surface area contributed by atoms with Gasteiger partial charge in [0.1, 0.15) is 23.9 Å². The van der Waals surface area contributed by atoms with Crippen LogP contribution >= 0.6 is 24.0 Å². The smallest absolute Gasteiger partial charge is 0.193 e. The van der Waals surface area contributed by atoms with Crippen LogP contribution < -0.4 is 20.5 Å². The zero-order chi connectivity index (χ0) is 19.1. The molecule has 28 heavy (non-hydrogen) atoms. The Kier molecular flexibility index (Phi) is 8.81. The van der Waals surface area contributed by atoms with Crippen LogP contribution in [-0.2, 0) is 19.5 Å². The molecule has 1 aliphatic rings. The van der Waals surface area contributed by atoms with Gasteiger partial charge in [-0.2, -0.15) is 0 Å². The minimum Gasteiger partial charge on any atom is -0.494 e. The number of nitrogens with two attached hydrogens (primary N) is 1. The van der Waals surface area contributed by atoms with Crippen molar-refractivity contribution in [2.24, 2.45) is 10.7 Å². The standard InChI is InChI=1S/C19H28N6O2.HI/c1-3-26-14-9-10-16(27-4-2)15(12-14)22-19(20)21-13-18-24-23-17-8-6-5-7-11-25(17)18;/h9-10,12H,3-8,11,13H2,1-2H3,(H3,20,21,22);1H. The first-order valence-corrected chi connectivity index (χ1v) is 9.58. The number of hydrogen-bond donors (Lipinski definition) is 2. The van der Waals surface area contributed by atoms with Gasteiger partial charge in [-0.25, -0.2) is 4.99 Å². The number of nitrogens with one attached hydrogen (secondary N) is 1. The van der Waals surface area contributed by atoms with Crippen LogP contribution in [0.25, 0.3) is 0 Å². The zero-order valence-electron chi connectivity index (χ0n) is 16.5. The summed E-state index contributed by atoms with van der Waals surface area (Å²) >= 11 is 0. The Bertz CT molecular complexity index is 793. The van der Waals surface area contributed by atoms with E-state index in [9.17, 15) is 0 Å². The molecule has 0 amide bonds. The van der Waals surface area contributed by atoms with Crippen molar-refractivity contribution >= 4 is 35.6 Å². The molecule has 3 N–H and O–H groups in total. The maximum Gasteiger partial charge on any atom is 0.193 e. The summed E-state index contributed by atoms with van der Waals surface area (Å²) in [5, 5.41) is 11.7. The van der Waals surface area contributed by atoms with Gasteiger partial charge in [0.25, 0.3) is 0 Å². The van der Waals surface area contributed by atoms with Gasteiger partial charge in [-0.3, -0.25) is 0 Å². The number of aryl methyl sites for hydroxylation is 1. The van der Waals surface area contributed by atoms with E-state index in [0.29, 0.717) is 31.5 Å². The highest BCUT2D eigenvalue weighted by Gasteiger charge is 2.14. The number of halogens is 1. The monoisotopic (exact) mass is 500 g/mol. The van der Waals surface area contributed by atoms with Gasteiger partial charge in [0.05, 0.1) is 18.9 Å². The number of hydrogen-bond acceptors (Lipinski definition) is 5. The van der Waals surface area contributed by atoms with Gasteiger partial charge in [0.2, 0.25) is 0 Å². The fourth-order valence-electron chi connectivity index (χ4n) is 3.14. The Labute approximate surface area is 182 Å². The van der Waals surface area contributed by atoms with Crippen molar-refractivity contribution in [3.8, 4) is 11.5 Å². The molecule has 1 aromatic heterocycles. The Morgan fingerprint density at radius 3 is 2.79 bits per heavy atom. The molecule has 0 atom stereocenters. The number of benzene rings is 1. The lowest BCUT2D eigenvalue weighted by Crippen LogP contribution is -2.23. The number of guanidine groups is 1. The van der Waals surface area contributed by atoms with Crippen molar-refractivity contribution in [2.45, 2.75) is 52.6 Å².